The second-order valence-corrected chi connectivity index (χ2v) is 6.08. The SMILES string of the molecule is NCC1(C(=O)NCCOC2CCCC2)CCCCC1. The Morgan fingerprint density at radius 1 is 1.16 bits per heavy atom. The minimum absolute atomic E-state index is 0.143. The van der Waals surface area contributed by atoms with Gasteiger partial charge >= 0.3 is 0 Å². The van der Waals surface area contributed by atoms with E-state index in [2.05, 4.69) is 5.32 Å². The van der Waals surface area contributed by atoms with Crippen molar-refractivity contribution in [3.63, 3.8) is 0 Å². The molecule has 0 unspecified atom stereocenters. The maximum absolute atomic E-state index is 12.3. The Hall–Kier alpha value is -0.610. The van der Waals surface area contributed by atoms with E-state index in [0.717, 1.165) is 25.7 Å². The van der Waals surface area contributed by atoms with Crippen molar-refractivity contribution in [3.8, 4) is 0 Å². The van der Waals surface area contributed by atoms with Crippen LogP contribution in [0.3, 0.4) is 0 Å². The molecular formula is C15H28N2O2. The molecule has 2 rings (SSSR count). The summed E-state index contributed by atoms with van der Waals surface area (Å²) in [6.07, 6.45) is 10.7. The molecule has 1 amide bonds. The fourth-order valence-electron chi connectivity index (χ4n) is 3.39. The Morgan fingerprint density at radius 3 is 2.47 bits per heavy atom. The largest absolute Gasteiger partial charge is 0.376 e. The van der Waals surface area contributed by atoms with Crippen molar-refractivity contribution >= 4 is 5.91 Å². The van der Waals surface area contributed by atoms with Crippen LogP contribution in [0.15, 0.2) is 0 Å². The van der Waals surface area contributed by atoms with Crippen molar-refractivity contribution in [1.82, 2.24) is 5.32 Å². The fourth-order valence-corrected chi connectivity index (χ4v) is 3.39. The molecule has 0 saturated heterocycles. The van der Waals surface area contributed by atoms with Crippen molar-refractivity contribution < 1.29 is 9.53 Å². The zero-order chi connectivity index (χ0) is 13.6. The van der Waals surface area contributed by atoms with E-state index in [-0.39, 0.29) is 11.3 Å². The molecule has 0 radical (unpaired) electrons. The molecule has 4 nitrogen and oxygen atoms in total. The molecule has 2 aliphatic rings. The minimum Gasteiger partial charge on any atom is -0.376 e. The molecule has 110 valence electrons. The molecule has 0 aromatic rings. The number of nitrogens with two attached hydrogens (primary N) is 1. The van der Waals surface area contributed by atoms with E-state index in [1.54, 1.807) is 0 Å². The lowest BCUT2D eigenvalue weighted by Crippen LogP contribution is -2.48. The van der Waals surface area contributed by atoms with Crippen LogP contribution in [0.2, 0.25) is 0 Å². The predicted molar refractivity (Wildman–Crippen MR) is 75.8 cm³/mol. The van der Waals surface area contributed by atoms with Crippen LogP contribution in [0.5, 0.6) is 0 Å². The topological polar surface area (TPSA) is 64.4 Å². The summed E-state index contributed by atoms with van der Waals surface area (Å²) in [5.74, 6) is 0.143. The summed E-state index contributed by atoms with van der Waals surface area (Å²) in [6, 6.07) is 0. The van der Waals surface area contributed by atoms with Gasteiger partial charge in [0.2, 0.25) is 5.91 Å². The van der Waals surface area contributed by atoms with E-state index >= 15 is 0 Å². The molecule has 0 bridgehead atoms. The number of hydrogen-bond acceptors (Lipinski definition) is 3. The van der Waals surface area contributed by atoms with Crippen molar-refractivity contribution in [2.75, 3.05) is 19.7 Å². The molecule has 0 aromatic heterocycles. The maximum Gasteiger partial charge on any atom is 0.227 e. The standard InChI is InChI=1S/C15H28N2O2/c16-12-15(8-4-1-5-9-15)14(18)17-10-11-19-13-6-2-3-7-13/h13H,1-12,16H2,(H,17,18). The molecule has 0 atom stereocenters. The van der Waals surface area contributed by atoms with Crippen LogP contribution in [0, 0.1) is 5.41 Å². The normalized spacial score (nSPS) is 23.4. The van der Waals surface area contributed by atoms with Crippen LogP contribution in [-0.2, 0) is 9.53 Å². The van der Waals surface area contributed by atoms with Crippen LogP contribution < -0.4 is 11.1 Å². The lowest BCUT2D eigenvalue weighted by Gasteiger charge is -2.34. The van der Waals surface area contributed by atoms with Crippen LogP contribution in [0.1, 0.15) is 57.8 Å². The summed E-state index contributed by atoms with van der Waals surface area (Å²) < 4.78 is 5.76. The molecule has 2 saturated carbocycles. The number of carbonyl (C=O) groups excluding carboxylic acids is 1. The first-order valence-electron chi connectivity index (χ1n) is 7.87. The molecular weight excluding hydrogens is 240 g/mol. The van der Waals surface area contributed by atoms with E-state index < -0.39 is 0 Å². The van der Waals surface area contributed by atoms with Gasteiger partial charge in [0.05, 0.1) is 18.1 Å². The first kappa shape index (κ1) is 14.8. The summed E-state index contributed by atoms with van der Waals surface area (Å²) in [5, 5.41) is 3.02. The van der Waals surface area contributed by atoms with Crippen molar-refractivity contribution in [2.45, 2.75) is 63.9 Å². The highest BCUT2D eigenvalue weighted by molar-refractivity contribution is 5.83. The first-order chi connectivity index (χ1) is 9.27. The van der Waals surface area contributed by atoms with Gasteiger partial charge in [-0.15, -0.1) is 0 Å². The lowest BCUT2D eigenvalue weighted by atomic mass is 9.73. The Kier molecular flexibility index (Phi) is 5.64. The van der Waals surface area contributed by atoms with Gasteiger partial charge in [0.1, 0.15) is 0 Å². The smallest absolute Gasteiger partial charge is 0.227 e. The van der Waals surface area contributed by atoms with E-state index in [0.29, 0.717) is 25.8 Å². The summed E-state index contributed by atoms with van der Waals surface area (Å²) in [7, 11) is 0. The summed E-state index contributed by atoms with van der Waals surface area (Å²) in [6.45, 7) is 1.73. The average molecular weight is 268 g/mol. The van der Waals surface area contributed by atoms with E-state index in [1.807, 2.05) is 0 Å². The second-order valence-electron chi connectivity index (χ2n) is 6.08. The third-order valence-corrected chi connectivity index (χ3v) is 4.73. The first-order valence-corrected chi connectivity index (χ1v) is 7.87. The number of amides is 1. The third kappa shape index (κ3) is 3.93. The molecule has 0 heterocycles. The minimum atomic E-state index is -0.300. The van der Waals surface area contributed by atoms with Crippen LogP contribution in [-0.4, -0.2) is 31.7 Å². The lowest BCUT2D eigenvalue weighted by molar-refractivity contribution is -0.132. The van der Waals surface area contributed by atoms with E-state index in [1.165, 1.54) is 32.1 Å². The van der Waals surface area contributed by atoms with Gasteiger partial charge in [-0.05, 0) is 25.7 Å². The molecule has 3 N–H and O–H groups in total. The van der Waals surface area contributed by atoms with Crippen molar-refractivity contribution in [1.29, 1.82) is 0 Å². The van der Waals surface area contributed by atoms with Gasteiger partial charge in [-0.25, -0.2) is 0 Å². The Morgan fingerprint density at radius 2 is 1.84 bits per heavy atom. The maximum atomic E-state index is 12.3. The quantitative estimate of drug-likeness (QED) is 0.724. The van der Waals surface area contributed by atoms with Gasteiger partial charge in [0, 0.05) is 13.1 Å². The molecule has 0 spiro atoms. The Bertz CT molecular complexity index is 282. The average Bonchev–Trinajstić information content (AvgIpc) is 2.97. The zero-order valence-corrected chi connectivity index (χ0v) is 12.0. The third-order valence-electron chi connectivity index (χ3n) is 4.73. The molecule has 19 heavy (non-hydrogen) atoms. The van der Waals surface area contributed by atoms with Gasteiger partial charge in [0.25, 0.3) is 0 Å². The highest BCUT2D eigenvalue weighted by atomic mass is 16.5. The monoisotopic (exact) mass is 268 g/mol. The molecule has 2 fully saturated rings. The summed E-state index contributed by atoms with van der Waals surface area (Å²) in [5.41, 5.74) is 5.55. The van der Waals surface area contributed by atoms with Gasteiger partial charge in [-0.2, -0.15) is 0 Å². The number of rotatable bonds is 6. The number of nitrogens with one attached hydrogen (secondary N) is 1. The Balaban J connectivity index is 1.67. The Labute approximate surface area is 116 Å². The van der Waals surface area contributed by atoms with Crippen LogP contribution in [0.25, 0.3) is 0 Å². The zero-order valence-electron chi connectivity index (χ0n) is 12.0. The van der Waals surface area contributed by atoms with Gasteiger partial charge in [-0.3, -0.25) is 4.79 Å². The van der Waals surface area contributed by atoms with E-state index in [9.17, 15) is 4.79 Å². The number of carbonyl (C=O) groups is 1. The van der Waals surface area contributed by atoms with Crippen molar-refractivity contribution in [3.05, 3.63) is 0 Å². The summed E-state index contributed by atoms with van der Waals surface area (Å²) >= 11 is 0. The van der Waals surface area contributed by atoms with Gasteiger partial charge < -0.3 is 15.8 Å². The summed E-state index contributed by atoms with van der Waals surface area (Å²) in [4.78, 5) is 12.3. The highest BCUT2D eigenvalue weighted by Gasteiger charge is 2.37. The molecule has 2 aliphatic carbocycles. The van der Waals surface area contributed by atoms with Gasteiger partial charge in [-0.1, -0.05) is 32.1 Å². The molecule has 0 aromatic carbocycles. The van der Waals surface area contributed by atoms with Crippen LogP contribution >= 0.6 is 0 Å². The number of ether oxygens (including phenoxy) is 1. The fraction of sp³-hybridized carbons (Fsp3) is 0.933. The highest BCUT2D eigenvalue weighted by Crippen LogP contribution is 2.35. The second kappa shape index (κ2) is 7.25. The van der Waals surface area contributed by atoms with E-state index in [4.69, 9.17) is 10.5 Å². The van der Waals surface area contributed by atoms with Crippen LogP contribution in [0.4, 0.5) is 0 Å². The predicted octanol–water partition coefficient (Wildman–Crippen LogP) is 1.97. The molecule has 4 heteroatoms. The number of hydrogen-bond donors (Lipinski definition) is 2. The molecule has 0 aliphatic heterocycles. The van der Waals surface area contributed by atoms with Crippen molar-refractivity contribution in [2.24, 2.45) is 11.1 Å². The van der Waals surface area contributed by atoms with Gasteiger partial charge in [0.15, 0.2) is 0 Å².